The highest BCUT2D eigenvalue weighted by molar-refractivity contribution is 6.35. The summed E-state index contributed by atoms with van der Waals surface area (Å²) in [6, 6.07) is 3.25. The summed E-state index contributed by atoms with van der Waals surface area (Å²) >= 11 is 10.7. The molecule has 1 amide bonds. The van der Waals surface area contributed by atoms with Crippen molar-refractivity contribution < 1.29 is 18.0 Å². The minimum absolute atomic E-state index is 0.109. The SMILES string of the molecule is O=C(CCl)Nc1cccc(C(F)(F)F)c1Cl. The lowest BCUT2D eigenvalue weighted by molar-refractivity contribution is -0.137. The average Bonchev–Trinajstić information content (AvgIpc) is 2.19. The van der Waals surface area contributed by atoms with E-state index in [1.54, 1.807) is 0 Å². The van der Waals surface area contributed by atoms with Crippen molar-refractivity contribution in [1.29, 1.82) is 0 Å². The van der Waals surface area contributed by atoms with Gasteiger partial charge >= 0.3 is 6.18 Å². The molecule has 1 aromatic rings. The fraction of sp³-hybridized carbons (Fsp3) is 0.222. The first-order valence-corrected chi connectivity index (χ1v) is 4.99. The van der Waals surface area contributed by atoms with Crippen LogP contribution in [-0.2, 0) is 11.0 Å². The Balaban J connectivity index is 3.09. The Labute approximate surface area is 99.3 Å². The lowest BCUT2D eigenvalue weighted by atomic mass is 10.2. The number of halogens is 5. The second-order valence-corrected chi connectivity index (χ2v) is 3.49. The summed E-state index contributed by atoms with van der Waals surface area (Å²) in [5, 5.41) is 1.62. The molecule has 1 N–H and O–H groups in total. The number of alkyl halides is 4. The van der Waals surface area contributed by atoms with Crippen molar-refractivity contribution in [3.63, 3.8) is 0 Å². The zero-order valence-corrected chi connectivity index (χ0v) is 9.25. The number of carbonyl (C=O) groups excluding carboxylic acids is 1. The van der Waals surface area contributed by atoms with Crippen molar-refractivity contribution in [3.8, 4) is 0 Å². The number of anilines is 1. The smallest absolute Gasteiger partial charge is 0.324 e. The first kappa shape index (κ1) is 13.1. The van der Waals surface area contributed by atoms with Crippen LogP contribution < -0.4 is 5.32 Å². The fourth-order valence-electron chi connectivity index (χ4n) is 1.03. The number of carbonyl (C=O) groups is 1. The lowest BCUT2D eigenvalue weighted by Gasteiger charge is -2.12. The lowest BCUT2D eigenvalue weighted by Crippen LogP contribution is -2.14. The molecule has 0 aliphatic carbocycles. The molecule has 88 valence electrons. The molecule has 7 heteroatoms. The number of benzene rings is 1. The third kappa shape index (κ3) is 3.02. The van der Waals surface area contributed by atoms with Crippen LogP contribution in [0.3, 0.4) is 0 Å². The molecular formula is C9H6Cl2F3NO. The highest BCUT2D eigenvalue weighted by Crippen LogP contribution is 2.38. The second kappa shape index (κ2) is 4.93. The van der Waals surface area contributed by atoms with Gasteiger partial charge in [-0.2, -0.15) is 13.2 Å². The van der Waals surface area contributed by atoms with E-state index in [9.17, 15) is 18.0 Å². The van der Waals surface area contributed by atoms with E-state index < -0.39 is 22.7 Å². The van der Waals surface area contributed by atoms with Crippen LogP contribution in [-0.4, -0.2) is 11.8 Å². The highest BCUT2D eigenvalue weighted by Gasteiger charge is 2.33. The summed E-state index contributed by atoms with van der Waals surface area (Å²) in [5.41, 5.74) is -1.11. The molecule has 1 rings (SSSR count). The van der Waals surface area contributed by atoms with Gasteiger partial charge in [0, 0.05) is 0 Å². The van der Waals surface area contributed by atoms with Crippen molar-refractivity contribution in [2.75, 3.05) is 11.2 Å². The normalized spacial score (nSPS) is 11.3. The Hall–Kier alpha value is -0.940. The van der Waals surface area contributed by atoms with Crippen LogP contribution in [0.5, 0.6) is 0 Å². The van der Waals surface area contributed by atoms with Gasteiger partial charge in [0.15, 0.2) is 0 Å². The summed E-state index contributed by atoms with van der Waals surface area (Å²) in [7, 11) is 0. The molecule has 1 aromatic carbocycles. The van der Waals surface area contributed by atoms with Gasteiger partial charge in [0.05, 0.1) is 16.3 Å². The molecule has 0 saturated heterocycles. The number of nitrogens with one attached hydrogen (secondary N) is 1. The van der Waals surface area contributed by atoms with Crippen molar-refractivity contribution in [3.05, 3.63) is 28.8 Å². The molecule has 0 atom stereocenters. The molecule has 0 saturated carbocycles. The first-order chi connectivity index (χ1) is 7.36. The average molecular weight is 272 g/mol. The molecule has 0 aliphatic heterocycles. The first-order valence-electron chi connectivity index (χ1n) is 4.07. The Morgan fingerprint density at radius 3 is 2.50 bits per heavy atom. The molecule has 0 unspecified atom stereocenters. The van der Waals surface area contributed by atoms with Gasteiger partial charge in [0.25, 0.3) is 0 Å². The molecule has 0 aromatic heterocycles. The fourth-order valence-corrected chi connectivity index (χ4v) is 1.38. The molecule has 0 radical (unpaired) electrons. The number of rotatable bonds is 2. The van der Waals surface area contributed by atoms with Gasteiger partial charge in [-0.25, -0.2) is 0 Å². The Morgan fingerprint density at radius 1 is 1.38 bits per heavy atom. The van der Waals surface area contributed by atoms with Crippen LogP contribution in [0.1, 0.15) is 5.56 Å². The van der Waals surface area contributed by atoms with Crippen LogP contribution in [0.25, 0.3) is 0 Å². The molecule has 2 nitrogen and oxygen atoms in total. The largest absolute Gasteiger partial charge is 0.417 e. The van der Waals surface area contributed by atoms with Gasteiger partial charge in [0.2, 0.25) is 5.91 Å². The predicted octanol–water partition coefficient (Wildman–Crippen LogP) is 3.54. The zero-order valence-electron chi connectivity index (χ0n) is 7.74. The Kier molecular flexibility index (Phi) is 4.04. The Bertz CT molecular complexity index is 406. The predicted molar refractivity (Wildman–Crippen MR) is 55.8 cm³/mol. The number of amides is 1. The van der Waals surface area contributed by atoms with Crippen LogP contribution in [0.15, 0.2) is 18.2 Å². The maximum Gasteiger partial charge on any atom is 0.417 e. The monoisotopic (exact) mass is 271 g/mol. The third-order valence-corrected chi connectivity index (χ3v) is 2.35. The summed E-state index contributed by atoms with van der Waals surface area (Å²) in [6.07, 6.45) is -4.56. The maximum atomic E-state index is 12.4. The molecular weight excluding hydrogens is 266 g/mol. The second-order valence-electron chi connectivity index (χ2n) is 2.85. The van der Waals surface area contributed by atoms with E-state index in [1.165, 1.54) is 6.07 Å². The van der Waals surface area contributed by atoms with Crippen molar-refractivity contribution in [1.82, 2.24) is 0 Å². The Morgan fingerprint density at radius 2 is 2.00 bits per heavy atom. The third-order valence-electron chi connectivity index (χ3n) is 1.70. The van der Waals surface area contributed by atoms with E-state index in [0.29, 0.717) is 0 Å². The van der Waals surface area contributed by atoms with E-state index in [0.717, 1.165) is 12.1 Å². The highest BCUT2D eigenvalue weighted by atomic mass is 35.5. The van der Waals surface area contributed by atoms with E-state index in [4.69, 9.17) is 23.2 Å². The van der Waals surface area contributed by atoms with E-state index in [2.05, 4.69) is 5.32 Å². The molecule has 16 heavy (non-hydrogen) atoms. The molecule has 0 bridgehead atoms. The van der Waals surface area contributed by atoms with Crippen molar-refractivity contribution in [2.45, 2.75) is 6.18 Å². The molecule has 0 aliphatic rings. The summed E-state index contributed by atoms with van der Waals surface area (Å²) in [6.45, 7) is 0. The van der Waals surface area contributed by atoms with E-state index in [-0.39, 0.29) is 11.6 Å². The van der Waals surface area contributed by atoms with Crippen molar-refractivity contribution in [2.24, 2.45) is 0 Å². The van der Waals surface area contributed by atoms with Crippen LogP contribution in [0.4, 0.5) is 18.9 Å². The minimum Gasteiger partial charge on any atom is -0.324 e. The summed E-state index contributed by atoms with van der Waals surface area (Å²) < 4.78 is 37.3. The van der Waals surface area contributed by atoms with E-state index >= 15 is 0 Å². The minimum atomic E-state index is -4.56. The van der Waals surface area contributed by atoms with Gasteiger partial charge in [-0.05, 0) is 12.1 Å². The van der Waals surface area contributed by atoms with E-state index in [1.807, 2.05) is 0 Å². The number of hydrogen-bond acceptors (Lipinski definition) is 1. The zero-order chi connectivity index (χ0) is 12.3. The van der Waals surface area contributed by atoms with Crippen LogP contribution in [0.2, 0.25) is 5.02 Å². The van der Waals surface area contributed by atoms with Gasteiger partial charge in [-0.15, -0.1) is 11.6 Å². The van der Waals surface area contributed by atoms with Crippen LogP contribution >= 0.6 is 23.2 Å². The van der Waals surface area contributed by atoms with Gasteiger partial charge in [0.1, 0.15) is 5.88 Å². The van der Waals surface area contributed by atoms with Gasteiger partial charge in [-0.3, -0.25) is 4.79 Å². The molecule has 0 spiro atoms. The van der Waals surface area contributed by atoms with Gasteiger partial charge in [-0.1, -0.05) is 17.7 Å². The molecule has 0 fully saturated rings. The van der Waals surface area contributed by atoms with Crippen LogP contribution in [0, 0.1) is 0 Å². The maximum absolute atomic E-state index is 12.4. The summed E-state index contributed by atoms with van der Waals surface area (Å²) in [5.74, 6) is -0.977. The topological polar surface area (TPSA) is 29.1 Å². The summed E-state index contributed by atoms with van der Waals surface area (Å²) in [4.78, 5) is 10.9. The molecule has 0 heterocycles. The van der Waals surface area contributed by atoms with Gasteiger partial charge < -0.3 is 5.32 Å². The number of hydrogen-bond donors (Lipinski definition) is 1. The standard InChI is InChI=1S/C9H6Cl2F3NO/c10-4-7(16)15-6-3-1-2-5(8(6)11)9(12,13)14/h1-3H,4H2,(H,15,16). The quantitative estimate of drug-likeness (QED) is 0.820. The van der Waals surface area contributed by atoms with Crippen molar-refractivity contribution >= 4 is 34.8 Å².